The van der Waals surface area contributed by atoms with Crippen molar-refractivity contribution < 1.29 is 28.5 Å². The number of carboxylic acids is 1. The van der Waals surface area contributed by atoms with Crippen LogP contribution in [0.5, 0.6) is 11.5 Å². The molecule has 0 aromatic heterocycles. The van der Waals surface area contributed by atoms with Gasteiger partial charge in [0.2, 0.25) is 10.0 Å². The van der Waals surface area contributed by atoms with E-state index in [2.05, 4.69) is 4.72 Å². The lowest BCUT2D eigenvalue weighted by Crippen LogP contribution is -2.42. The number of carbonyl (C=O) groups is 1. The van der Waals surface area contributed by atoms with E-state index in [9.17, 15) is 28.5 Å². The Bertz CT molecular complexity index is 804. The van der Waals surface area contributed by atoms with E-state index in [-0.39, 0.29) is 11.3 Å². The molecule has 2 rings (SSSR count). The van der Waals surface area contributed by atoms with Crippen molar-refractivity contribution in [2.45, 2.75) is 17.4 Å². The number of aromatic hydroxyl groups is 2. The van der Waals surface area contributed by atoms with Gasteiger partial charge in [0.25, 0.3) is 0 Å². The Kier molecular flexibility index (Phi) is 4.87. The first-order valence-electron chi connectivity index (χ1n) is 6.60. The van der Waals surface area contributed by atoms with Gasteiger partial charge in [0.1, 0.15) is 6.04 Å². The molecule has 0 aliphatic heterocycles. The summed E-state index contributed by atoms with van der Waals surface area (Å²) in [6, 6.07) is 10.2. The maximum Gasteiger partial charge on any atom is 0.322 e. The van der Waals surface area contributed by atoms with Crippen LogP contribution in [0.2, 0.25) is 0 Å². The van der Waals surface area contributed by atoms with Crippen LogP contribution in [0.15, 0.2) is 53.4 Å². The number of hydrogen-bond acceptors (Lipinski definition) is 5. The zero-order valence-electron chi connectivity index (χ0n) is 11.9. The lowest BCUT2D eigenvalue weighted by Gasteiger charge is -2.15. The molecule has 0 saturated heterocycles. The highest BCUT2D eigenvalue weighted by atomic mass is 32.2. The minimum atomic E-state index is -4.17. The van der Waals surface area contributed by atoms with Crippen LogP contribution >= 0.6 is 0 Å². The summed E-state index contributed by atoms with van der Waals surface area (Å²) in [5.74, 6) is -2.40. The van der Waals surface area contributed by atoms with Crippen LogP contribution < -0.4 is 4.72 Å². The Hall–Kier alpha value is -2.58. The summed E-state index contributed by atoms with van der Waals surface area (Å²) in [5, 5.41) is 27.8. The maximum absolute atomic E-state index is 12.2. The van der Waals surface area contributed by atoms with Crippen LogP contribution in [-0.2, 0) is 21.2 Å². The number of benzene rings is 2. The molecule has 0 heterocycles. The van der Waals surface area contributed by atoms with E-state index in [1.54, 1.807) is 30.3 Å². The second-order valence-electron chi connectivity index (χ2n) is 4.85. The van der Waals surface area contributed by atoms with Crippen LogP contribution in [0, 0.1) is 0 Å². The van der Waals surface area contributed by atoms with Gasteiger partial charge >= 0.3 is 5.97 Å². The van der Waals surface area contributed by atoms with Gasteiger partial charge in [-0.05, 0) is 24.1 Å². The molecule has 0 bridgehead atoms. The molecule has 1 atom stereocenters. The van der Waals surface area contributed by atoms with E-state index in [0.717, 1.165) is 18.2 Å². The number of carboxylic acid groups (broad SMARTS) is 1. The third kappa shape index (κ3) is 4.21. The normalized spacial score (nSPS) is 12.7. The highest BCUT2D eigenvalue weighted by Crippen LogP contribution is 2.27. The van der Waals surface area contributed by atoms with Gasteiger partial charge in [0.05, 0.1) is 4.90 Å². The molecule has 8 heteroatoms. The number of nitrogens with one attached hydrogen (secondary N) is 1. The van der Waals surface area contributed by atoms with Crippen LogP contribution in [0.25, 0.3) is 0 Å². The van der Waals surface area contributed by atoms with Gasteiger partial charge in [-0.15, -0.1) is 0 Å². The monoisotopic (exact) mass is 337 g/mol. The average molecular weight is 337 g/mol. The lowest BCUT2D eigenvalue weighted by atomic mass is 10.1. The molecular formula is C15H15NO6S. The van der Waals surface area contributed by atoms with Gasteiger partial charge < -0.3 is 15.3 Å². The smallest absolute Gasteiger partial charge is 0.322 e. The van der Waals surface area contributed by atoms with Gasteiger partial charge in [-0.1, -0.05) is 30.3 Å². The minimum Gasteiger partial charge on any atom is -0.504 e. The number of phenols is 2. The Morgan fingerprint density at radius 2 is 1.70 bits per heavy atom. The number of phenolic OH excluding ortho intramolecular Hbond substituents is 2. The van der Waals surface area contributed by atoms with Crippen molar-refractivity contribution in [3.63, 3.8) is 0 Å². The van der Waals surface area contributed by atoms with E-state index in [0.29, 0.717) is 5.56 Å². The zero-order valence-corrected chi connectivity index (χ0v) is 12.7. The fourth-order valence-electron chi connectivity index (χ4n) is 1.95. The Morgan fingerprint density at radius 3 is 2.26 bits per heavy atom. The number of hydrogen-bond donors (Lipinski definition) is 4. The molecule has 0 unspecified atom stereocenters. The molecular weight excluding hydrogens is 322 g/mol. The molecule has 7 nitrogen and oxygen atoms in total. The molecule has 0 radical (unpaired) electrons. The summed E-state index contributed by atoms with van der Waals surface area (Å²) in [6.45, 7) is 0. The van der Waals surface area contributed by atoms with Crippen molar-refractivity contribution in [1.82, 2.24) is 4.72 Å². The Balaban J connectivity index is 2.24. The van der Waals surface area contributed by atoms with Crippen molar-refractivity contribution in [2.75, 3.05) is 0 Å². The van der Waals surface area contributed by atoms with Crippen LogP contribution in [0.3, 0.4) is 0 Å². The zero-order chi connectivity index (χ0) is 17.0. The molecule has 4 N–H and O–H groups in total. The first-order chi connectivity index (χ1) is 10.8. The molecule has 23 heavy (non-hydrogen) atoms. The van der Waals surface area contributed by atoms with Crippen LogP contribution in [0.1, 0.15) is 5.56 Å². The van der Waals surface area contributed by atoms with Crippen molar-refractivity contribution in [2.24, 2.45) is 0 Å². The first kappa shape index (κ1) is 16.8. The summed E-state index contributed by atoms with van der Waals surface area (Å²) < 4.78 is 26.6. The van der Waals surface area contributed by atoms with Gasteiger partial charge in [0, 0.05) is 6.07 Å². The topological polar surface area (TPSA) is 124 Å². The fourth-order valence-corrected chi connectivity index (χ4v) is 3.16. The van der Waals surface area contributed by atoms with Gasteiger partial charge in [-0.3, -0.25) is 4.79 Å². The highest BCUT2D eigenvalue weighted by Gasteiger charge is 2.26. The van der Waals surface area contributed by atoms with E-state index < -0.39 is 33.5 Å². The molecule has 0 saturated carbocycles. The molecule has 0 amide bonds. The Morgan fingerprint density at radius 1 is 1.04 bits per heavy atom. The second kappa shape index (κ2) is 6.67. The van der Waals surface area contributed by atoms with E-state index in [1.807, 2.05) is 0 Å². The minimum absolute atomic E-state index is 0.0283. The van der Waals surface area contributed by atoms with Crippen molar-refractivity contribution in [1.29, 1.82) is 0 Å². The predicted molar refractivity (Wildman–Crippen MR) is 81.7 cm³/mol. The molecule has 0 aliphatic rings. The number of aliphatic carboxylic acids is 1. The second-order valence-corrected chi connectivity index (χ2v) is 6.57. The van der Waals surface area contributed by atoms with Crippen molar-refractivity contribution >= 4 is 16.0 Å². The summed E-state index contributed by atoms with van der Waals surface area (Å²) in [5.41, 5.74) is 0.663. The predicted octanol–water partition coefficient (Wildman–Crippen LogP) is 1.07. The third-order valence-electron chi connectivity index (χ3n) is 3.14. The van der Waals surface area contributed by atoms with Gasteiger partial charge in [-0.25, -0.2) is 8.42 Å². The maximum atomic E-state index is 12.2. The standard InChI is InChI=1S/C15H15NO6S/c17-13-7-6-11(9-14(13)18)23(21,22)16-12(15(19)20)8-10-4-2-1-3-5-10/h1-7,9,12,16-18H,8H2,(H,19,20)/t12-/m0/s1. The highest BCUT2D eigenvalue weighted by molar-refractivity contribution is 7.89. The largest absolute Gasteiger partial charge is 0.504 e. The third-order valence-corrected chi connectivity index (χ3v) is 4.60. The summed E-state index contributed by atoms with van der Waals surface area (Å²) in [7, 11) is -4.17. The quantitative estimate of drug-likeness (QED) is 0.585. The van der Waals surface area contributed by atoms with Crippen LogP contribution in [0.4, 0.5) is 0 Å². The van der Waals surface area contributed by atoms with E-state index >= 15 is 0 Å². The summed E-state index contributed by atoms with van der Waals surface area (Å²) >= 11 is 0. The number of sulfonamides is 1. The van der Waals surface area contributed by atoms with Crippen molar-refractivity contribution in [3.8, 4) is 11.5 Å². The SMILES string of the molecule is O=C(O)[C@H](Cc1ccccc1)NS(=O)(=O)c1ccc(O)c(O)c1. The summed E-state index contributed by atoms with van der Waals surface area (Å²) in [4.78, 5) is 11.0. The Labute approximate surface area is 132 Å². The molecule has 122 valence electrons. The van der Waals surface area contributed by atoms with E-state index in [4.69, 9.17) is 0 Å². The van der Waals surface area contributed by atoms with Crippen LogP contribution in [-0.4, -0.2) is 35.7 Å². The molecule has 0 aliphatic carbocycles. The van der Waals surface area contributed by atoms with E-state index in [1.165, 1.54) is 0 Å². The molecule has 0 spiro atoms. The first-order valence-corrected chi connectivity index (χ1v) is 8.09. The molecule has 2 aromatic carbocycles. The number of rotatable bonds is 6. The molecule has 0 fully saturated rings. The fraction of sp³-hybridized carbons (Fsp3) is 0.133. The molecule has 2 aromatic rings. The van der Waals surface area contributed by atoms with Gasteiger partial charge in [-0.2, -0.15) is 4.72 Å². The van der Waals surface area contributed by atoms with Gasteiger partial charge in [0.15, 0.2) is 11.5 Å². The lowest BCUT2D eigenvalue weighted by molar-refractivity contribution is -0.138. The average Bonchev–Trinajstić information content (AvgIpc) is 2.50. The van der Waals surface area contributed by atoms with Crippen molar-refractivity contribution in [3.05, 3.63) is 54.1 Å². The summed E-state index contributed by atoms with van der Waals surface area (Å²) in [6.07, 6.45) is -0.0283.